The summed E-state index contributed by atoms with van der Waals surface area (Å²) >= 11 is 0. The van der Waals surface area contributed by atoms with Gasteiger partial charge in [-0.3, -0.25) is 4.68 Å². The van der Waals surface area contributed by atoms with Crippen LogP contribution in [0.5, 0.6) is 0 Å². The summed E-state index contributed by atoms with van der Waals surface area (Å²) in [6.45, 7) is 0.963. The molecule has 3 atom stereocenters. The average molecular weight is 389 g/mol. The number of ether oxygens (including phenoxy) is 2. The van der Waals surface area contributed by atoms with Crippen molar-refractivity contribution >= 4 is 11.7 Å². The van der Waals surface area contributed by atoms with Gasteiger partial charge in [0.2, 0.25) is 0 Å². The van der Waals surface area contributed by atoms with Crippen LogP contribution < -0.4 is 10.6 Å². The highest BCUT2D eigenvalue weighted by Gasteiger charge is 2.31. The van der Waals surface area contributed by atoms with Gasteiger partial charge in [0.1, 0.15) is 11.8 Å². The number of carbonyl (C=O) groups excluding carboxylic acids is 1. The molecule has 9 heteroatoms. The number of nitrogens with zero attached hydrogens (tertiary/aromatic N) is 3. The third-order valence-electron chi connectivity index (χ3n) is 4.70. The number of benzene rings is 1. The number of methoxy groups -OCH3 is 1. The Bertz CT molecular complexity index is 739. The first-order valence-electron chi connectivity index (χ1n) is 9.44. The Kier molecular flexibility index (Phi) is 7.35. The third-order valence-corrected chi connectivity index (χ3v) is 4.70. The molecule has 0 bridgehead atoms. The second-order valence-corrected chi connectivity index (χ2v) is 6.82. The van der Waals surface area contributed by atoms with Crippen LogP contribution in [-0.4, -0.2) is 58.1 Å². The molecule has 0 radical (unpaired) electrons. The van der Waals surface area contributed by atoms with Gasteiger partial charge in [-0.15, -0.1) is 5.10 Å². The molecule has 0 saturated carbocycles. The molecule has 0 aliphatic carbocycles. The summed E-state index contributed by atoms with van der Waals surface area (Å²) in [5.41, 5.74) is 1.50. The number of amides is 2. The van der Waals surface area contributed by atoms with Gasteiger partial charge in [0.25, 0.3) is 0 Å². The maximum absolute atomic E-state index is 12.2. The highest BCUT2D eigenvalue weighted by molar-refractivity contribution is 5.89. The molecule has 2 amide bonds. The molecule has 9 nitrogen and oxygen atoms in total. The van der Waals surface area contributed by atoms with Crippen molar-refractivity contribution < 1.29 is 19.4 Å². The van der Waals surface area contributed by atoms with Crippen molar-refractivity contribution in [1.29, 1.82) is 0 Å². The average Bonchev–Trinajstić information content (AvgIpc) is 3.15. The molecule has 1 aromatic carbocycles. The lowest BCUT2D eigenvalue weighted by Crippen LogP contribution is -2.52. The highest BCUT2D eigenvalue weighted by atomic mass is 16.5. The van der Waals surface area contributed by atoms with E-state index in [1.54, 1.807) is 11.8 Å². The number of para-hydroxylation sites is 1. The van der Waals surface area contributed by atoms with E-state index in [-0.39, 0.29) is 24.8 Å². The smallest absolute Gasteiger partial charge is 0.319 e. The number of nitrogens with one attached hydrogen (secondary N) is 2. The molecule has 0 unspecified atom stereocenters. The van der Waals surface area contributed by atoms with Crippen LogP contribution >= 0.6 is 0 Å². The fourth-order valence-corrected chi connectivity index (χ4v) is 3.30. The summed E-state index contributed by atoms with van der Waals surface area (Å²) in [5, 5.41) is 23.5. The van der Waals surface area contributed by atoms with Gasteiger partial charge in [-0.25, -0.2) is 4.79 Å². The normalized spacial score (nSPS) is 22.0. The monoisotopic (exact) mass is 389 g/mol. The zero-order chi connectivity index (χ0) is 19.8. The quantitative estimate of drug-likeness (QED) is 0.632. The van der Waals surface area contributed by atoms with Crippen molar-refractivity contribution in [2.24, 2.45) is 0 Å². The molecule has 2 heterocycles. The van der Waals surface area contributed by atoms with Gasteiger partial charge in [0.15, 0.2) is 0 Å². The number of aliphatic hydroxyl groups excluding tert-OH is 1. The Hall–Kier alpha value is -2.49. The lowest BCUT2D eigenvalue weighted by molar-refractivity contribution is -0.0905. The number of aryl methyl sites for hydroxylation is 1. The van der Waals surface area contributed by atoms with E-state index >= 15 is 0 Å². The van der Waals surface area contributed by atoms with E-state index in [0.29, 0.717) is 13.2 Å². The Labute approximate surface area is 164 Å². The van der Waals surface area contributed by atoms with Gasteiger partial charge in [0, 0.05) is 19.3 Å². The number of hydrogen-bond acceptors (Lipinski definition) is 6. The van der Waals surface area contributed by atoms with Crippen LogP contribution in [0.15, 0.2) is 36.5 Å². The van der Waals surface area contributed by atoms with Crippen LogP contribution in [-0.2, 0) is 22.6 Å². The summed E-state index contributed by atoms with van der Waals surface area (Å²) in [7, 11) is 1.62. The van der Waals surface area contributed by atoms with E-state index in [4.69, 9.17) is 9.47 Å². The third kappa shape index (κ3) is 5.75. The molecular formula is C19H27N5O4. The Morgan fingerprint density at radius 1 is 1.36 bits per heavy atom. The number of hydrogen-bond donors (Lipinski definition) is 3. The summed E-state index contributed by atoms with van der Waals surface area (Å²) < 4.78 is 12.8. The van der Waals surface area contributed by atoms with Gasteiger partial charge in [-0.1, -0.05) is 23.4 Å². The minimum atomic E-state index is -0.430. The van der Waals surface area contributed by atoms with Crippen LogP contribution in [0, 0.1) is 0 Å². The first kappa shape index (κ1) is 20.2. The molecule has 1 saturated heterocycles. The molecule has 1 aromatic heterocycles. The minimum Gasteiger partial charge on any atom is -0.394 e. The van der Waals surface area contributed by atoms with Crippen molar-refractivity contribution in [3.8, 4) is 0 Å². The molecule has 3 N–H and O–H groups in total. The number of aromatic nitrogens is 3. The first-order valence-corrected chi connectivity index (χ1v) is 9.44. The summed E-state index contributed by atoms with van der Waals surface area (Å²) in [6.07, 6.45) is 3.72. The molecular weight excluding hydrogens is 362 g/mol. The van der Waals surface area contributed by atoms with E-state index in [9.17, 15) is 9.90 Å². The SMILES string of the molecule is COCc1cn(CC[C@H]2CC[C@H](NC(=O)Nc3ccccc3)[C@H](CO)O2)nn1. The highest BCUT2D eigenvalue weighted by Crippen LogP contribution is 2.22. The van der Waals surface area contributed by atoms with Crippen molar-refractivity contribution in [1.82, 2.24) is 20.3 Å². The molecule has 1 fully saturated rings. The van der Waals surface area contributed by atoms with Gasteiger partial charge >= 0.3 is 6.03 Å². The number of urea groups is 1. The molecule has 3 rings (SSSR count). The fourth-order valence-electron chi connectivity index (χ4n) is 3.30. The predicted octanol–water partition coefficient (Wildman–Crippen LogP) is 1.54. The van der Waals surface area contributed by atoms with Crippen LogP contribution in [0.25, 0.3) is 0 Å². The molecule has 1 aliphatic rings. The number of rotatable bonds is 8. The van der Waals surface area contributed by atoms with E-state index in [1.165, 1.54) is 0 Å². The van der Waals surface area contributed by atoms with Gasteiger partial charge < -0.3 is 25.2 Å². The zero-order valence-electron chi connectivity index (χ0n) is 16.0. The Morgan fingerprint density at radius 3 is 2.93 bits per heavy atom. The van der Waals surface area contributed by atoms with Crippen LogP contribution in [0.4, 0.5) is 10.5 Å². The second kappa shape index (κ2) is 10.2. The lowest BCUT2D eigenvalue weighted by Gasteiger charge is -2.36. The van der Waals surface area contributed by atoms with Gasteiger partial charge in [0.05, 0.1) is 31.6 Å². The number of anilines is 1. The van der Waals surface area contributed by atoms with Gasteiger partial charge in [-0.05, 0) is 31.4 Å². The van der Waals surface area contributed by atoms with E-state index in [0.717, 1.165) is 30.6 Å². The van der Waals surface area contributed by atoms with E-state index in [1.807, 2.05) is 36.5 Å². The molecule has 2 aromatic rings. The summed E-state index contributed by atoms with van der Waals surface area (Å²) in [4.78, 5) is 12.2. The van der Waals surface area contributed by atoms with Crippen LogP contribution in [0.2, 0.25) is 0 Å². The Balaban J connectivity index is 1.45. The maximum Gasteiger partial charge on any atom is 0.319 e. The van der Waals surface area contributed by atoms with Crippen molar-refractivity contribution in [2.75, 3.05) is 19.0 Å². The predicted molar refractivity (Wildman–Crippen MR) is 103 cm³/mol. The summed E-state index contributed by atoms with van der Waals surface area (Å²) in [5.74, 6) is 0. The van der Waals surface area contributed by atoms with Crippen molar-refractivity contribution in [2.45, 2.75) is 50.7 Å². The second-order valence-electron chi connectivity index (χ2n) is 6.82. The standard InChI is InChI=1S/C19H27N5O4/c1-27-13-15-11-24(23-22-15)10-9-16-7-8-17(18(12-25)28-16)21-19(26)20-14-5-3-2-4-6-14/h2-6,11,16-18,25H,7-10,12-13H2,1H3,(H2,20,21,26)/t16-,17+,18+/m1/s1. The van der Waals surface area contributed by atoms with Crippen molar-refractivity contribution in [3.63, 3.8) is 0 Å². The largest absolute Gasteiger partial charge is 0.394 e. The number of carbonyl (C=O) groups is 1. The van der Waals surface area contributed by atoms with Crippen LogP contribution in [0.1, 0.15) is 25.0 Å². The van der Waals surface area contributed by atoms with E-state index in [2.05, 4.69) is 20.9 Å². The van der Waals surface area contributed by atoms with Gasteiger partial charge in [-0.2, -0.15) is 0 Å². The maximum atomic E-state index is 12.2. The first-order chi connectivity index (χ1) is 13.7. The minimum absolute atomic E-state index is 0.00228. The van der Waals surface area contributed by atoms with E-state index < -0.39 is 6.10 Å². The van der Waals surface area contributed by atoms with Crippen LogP contribution in [0.3, 0.4) is 0 Å². The lowest BCUT2D eigenvalue weighted by atomic mass is 9.97. The molecule has 0 spiro atoms. The molecule has 1 aliphatic heterocycles. The fraction of sp³-hybridized carbons (Fsp3) is 0.526. The molecule has 28 heavy (non-hydrogen) atoms. The summed E-state index contributed by atoms with van der Waals surface area (Å²) in [6, 6.07) is 8.70. The topological polar surface area (TPSA) is 111 Å². The zero-order valence-corrected chi connectivity index (χ0v) is 16.0. The van der Waals surface area contributed by atoms with Crippen molar-refractivity contribution in [3.05, 3.63) is 42.2 Å². The number of aliphatic hydroxyl groups is 1. The molecule has 152 valence electrons. The Morgan fingerprint density at radius 2 is 2.18 bits per heavy atom.